The summed E-state index contributed by atoms with van der Waals surface area (Å²) < 4.78 is 5.51. The van der Waals surface area contributed by atoms with Crippen molar-refractivity contribution in [1.29, 1.82) is 0 Å². The number of hydrogen-bond donors (Lipinski definition) is 0. The molecule has 100 valence electrons. The van der Waals surface area contributed by atoms with Gasteiger partial charge in [-0.25, -0.2) is 0 Å². The second-order valence-corrected chi connectivity index (χ2v) is 4.91. The first-order chi connectivity index (χ1) is 10.4. The summed E-state index contributed by atoms with van der Waals surface area (Å²) in [4.78, 5) is 4.63. The molecule has 0 saturated heterocycles. The Hall–Kier alpha value is -2.87. The lowest BCUT2D eigenvalue weighted by Gasteiger charge is -2.09. The van der Waals surface area contributed by atoms with Gasteiger partial charge in [-0.1, -0.05) is 54.6 Å². The predicted molar refractivity (Wildman–Crippen MR) is 84.9 cm³/mol. The molecule has 0 aliphatic carbocycles. The number of hydrogen-bond acceptors (Lipinski definition) is 2. The standard InChI is InChI=1S/C19H13NO/c1-2-7-14(8-3-1)17-13-20-19(18-11-6-12-21-18)16-10-5-4-9-15(16)17/h1-13H. The summed E-state index contributed by atoms with van der Waals surface area (Å²) in [6, 6.07) is 22.5. The number of aromatic nitrogens is 1. The fourth-order valence-corrected chi connectivity index (χ4v) is 2.65. The van der Waals surface area contributed by atoms with Crippen molar-refractivity contribution in [2.75, 3.05) is 0 Å². The number of furan rings is 1. The SMILES string of the molecule is c1ccc(-c2cnc(-c3ccco3)c3ccccc23)cc1. The monoisotopic (exact) mass is 271 g/mol. The fourth-order valence-electron chi connectivity index (χ4n) is 2.65. The van der Waals surface area contributed by atoms with Gasteiger partial charge in [0.05, 0.1) is 6.26 Å². The summed E-state index contributed by atoms with van der Waals surface area (Å²) in [5.74, 6) is 0.797. The molecule has 0 spiro atoms. The maximum Gasteiger partial charge on any atom is 0.152 e. The first-order valence-corrected chi connectivity index (χ1v) is 6.90. The van der Waals surface area contributed by atoms with E-state index in [1.807, 2.05) is 42.6 Å². The van der Waals surface area contributed by atoms with E-state index in [-0.39, 0.29) is 0 Å². The van der Waals surface area contributed by atoms with Gasteiger partial charge in [0.25, 0.3) is 0 Å². The Morgan fingerprint density at radius 1 is 0.714 bits per heavy atom. The Morgan fingerprint density at radius 2 is 1.48 bits per heavy atom. The summed E-state index contributed by atoms with van der Waals surface area (Å²) in [7, 11) is 0. The van der Waals surface area contributed by atoms with Crippen LogP contribution in [0.15, 0.2) is 83.6 Å². The number of benzene rings is 2. The highest BCUT2D eigenvalue weighted by Gasteiger charge is 2.11. The Balaban J connectivity index is 2.02. The molecular formula is C19H13NO. The summed E-state index contributed by atoms with van der Waals surface area (Å²) in [6.07, 6.45) is 3.60. The molecule has 0 aliphatic heterocycles. The molecule has 0 amide bonds. The lowest BCUT2D eigenvalue weighted by Crippen LogP contribution is -1.88. The predicted octanol–water partition coefficient (Wildman–Crippen LogP) is 5.16. The van der Waals surface area contributed by atoms with Gasteiger partial charge in [0.15, 0.2) is 5.76 Å². The summed E-state index contributed by atoms with van der Waals surface area (Å²) in [5.41, 5.74) is 3.20. The summed E-state index contributed by atoms with van der Waals surface area (Å²) in [5, 5.41) is 2.29. The van der Waals surface area contributed by atoms with Crippen molar-refractivity contribution in [3.63, 3.8) is 0 Å². The minimum Gasteiger partial charge on any atom is -0.463 e. The van der Waals surface area contributed by atoms with Crippen LogP contribution in [-0.4, -0.2) is 4.98 Å². The summed E-state index contributed by atoms with van der Waals surface area (Å²) >= 11 is 0. The van der Waals surface area contributed by atoms with E-state index >= 15 is 0 Å². The van der Waals surface area contributed by atoms with E-state index < -0.39 is 0 Å². The minimum absolute atomic E-state index is 0.797. The minimum atomic E-state index is 0.797. The third-order valence-electron chi connectivity index (χ3n) is 3.63. The van der Waals surface area contributed by atoms with Crippen LogP contribution in [0.3, 0.4) is 0 Å². The van der Waals surface area contributed by atoms with Gasteiger partial charge in [-0.3, -0.25) is 4.98 Å². The molecule has 4 aromatic rings. The Kier molecular flexibility index (Phi) is 2.79. The average molecular weight is 271 g/mol. The molecule has 0 N–H and O–H groups in total. The van der Waals surface area contributed by atoms with Crippen molar-refractivity contribution in [2.24, 2.45) is 0 Å². The lowest BCUT2D eigenvalue weighted by molar-refractivity contribution is 0.581. The van der Waals surface area contributed by atoms with Gasteiger partial charge in [0.1, 0.15) is 5.69 Å². The van der Waals surface area contributed by atoms with E-state index in [1.165, 1.54) is 10.9 Å². The van der Waals surface area contributed by atoms with Crippen molar-refractivity contribution in [3.8, 4) is 22.6 Å². The molecule has 2 heteroatoms. The van der Waals surface area contributed by atoms with Gasteiger partial charge in [0.2, 0.25) is 0 Å². The molecule has 0 saturated carbocycles. The number of rotatable bonds is 2. The molecule has 0 radical (unpaired) electrons. The van der Waals surface area contributed by atoms with E-state index in [0.717, 1.165) is 22.4 Å². The molecule has 0 unspecified atom stereocenters. The normalized spacial score (nSPS) is 10.9. The van der Waals surface area contributed by atoms with E-state index in [1.54, 1.807) is 6.26 Å². The van der Waals surface area contributed by atoms with E-state index in [4.69, 9.17) is 4.42 Å². The van der Waals surface area contributed by atoms with Crippen LogP contribution in [0.25, 0.3) is 33.4 Å². The number of fused-ring (bicyclic) bond motifs is 1. The van der Waals surface area contributed by atoms with Crippen molar-refractivity contribution in [3.05, 3.63) is 79.2 Å². The second kappa shape index (κ2) is 4.91. The first-order valence-electron chi connectivity index (χ1n) is 6.90. The number of nitrogens with zero attached hydrogens (tertiary/aromatic N) is 1. The molecule has 21 heavy (non-hydrogen) atoms. The van der Waals surface area contributed by atoms with E-state index in [9.17, 15) is 0 Å². The third kappa shape index (κ3) is 2.01. The molecule has 2 heterocycles. The van der Waals surface area contributed by atoms with Crippen LogP contribution in [0.4, 0.5) is 0 Å². The van der Waals surface area contributed by atoms with Crippen molar-refractivity contribution in [1.82, 2.24) is 4.98 Å². The van der Waals surface area contributed by atoms with Crippen LogP contribution in [-0.2, 0) is 0 Å². The van der Waals surface area contributed by atoms with Gasteiger partial charge in [-0.05, 0) is 23.1 Å². The molecule has 4 rings (SSSR count). The van der Waals surface area contributed by atoms with Crippen molar-refractivity contribution >= 4 is 10.8 Å². The average Bonchev–Trinajstić information content (AvgIpc) is 3.09. The fraction of sp³-hybridized carbons (Fsp3) is 0. The van der Waals surface area contributed by atoms with Gasteiger partial charge in [-0.2, -0.15) is 0 Å². The molecule has 2 aromatic carbocycles. The Labute approximate surface area is 122 Å². The maximum atomic E-state index is 5.51. The van der Waals surface area contributed by atoms with Crippen molar-refractivity contribution < 1.29 is 4.42 Å². The largest absolute Gasteiger partial charge is 0.463 e. The lowest BCUT2D eigenvalue weighted by atomic mass is 9.99. The summed E-state index contributed by atoms with van der Waals surface area (Å²) in [6.45, 7) is 0. The van der Waals surface area contributed by atoms with Crippen molar-refractivity contribution in [2.45, 2.75) is 0 Å². The van der Waals surface area contributed by atoms with Crippen LogP contribution >= 0.6 is 0 Å². The molecule has 2 nitrogen and oxygen atoms in total. The van der Waals surface area contributed by atoms with Crippen LogP contribution in [0.1, 0.15) is 0 Å². The Bertz CT molecular complexity index is 880. The zero-order chi connectivity index (χ0) is 14.1. The third-order valence-corrected chi connectivity index (χ3v) is 3.63. The van der Waals surface area contributed by atoms with Crippen LogP contribution in [0.5, 0.6) is 0 Å². The van der Waals surface area contributed by atoms with E-state index in [0.29, 0.717) is 0 Å². The zero-order valence-electron chi connectivity index (χ0n) is 11.4. The topological polar surface area (TPSA) is 26.0 Å². The van der Waals surface area contributed by atoms with Crippen LogP contribution in [0, 0.1) is 0 Å². The van der Waals surface area contributed by atoms with Gasteiger partial charge < -0.3 is 4.42 Å². The highest BCUT2D eigenvalue weighted by molar-refractivity contribution is 6.02. The first kappa shape index (κ1) is 11.9. The second-order valence-electron chi connectivity index (χ2n) is 4.91. The van der Waals surface area contributed by atoms with Crippen LogP contribution < -0.4 is 0 Å². The molecule has 0 atom stereocenters. The molecular weight excluding hydrogens is 258 g/mol. The zero-order valence-corrected chi connectivity index (χ0v) is 11.4. The number of pyridine rings is 1. The maximum absolute atomic E-state index is 5.51. The molecule has 2 aromatic heterocycles. The highest BCUT2D eigenvalue weighted by atomic mass is 16.3. The van der Waals surface area contributed by atoms with Gasteiger partial charge in [0, 0.05) is 17.1 Å². The molecule has 0 bridgehead atoms. The molecule has 0 fully saturated rings. The highest BCUT2D eigenvalue weighted by Crippen LogP contribution is 2.33. The Morgan fingerprint density at radius 3 is 2.24 bits per heavy atom. The smallest absolute Gasteiger partial charge is 0.152 e. The van der Waals surface area contributed by atoms with Gasteiger partial charge >= 0.3 is 0 Å². The molecule has 0 aliphatic rings. The quantitative estimate of drug-likeness (QED) is 0.503. The van der Waals surface area contributed by atoms with E-state index in [2.05, 4.69) is 35.3 Å². The van der Waals surface area contributed by atoms with Gasteiger partial charge in [-0.15, -0.1) is 0 Å². The van der Waals surface area contributed by atoms with Crippen LogP contribution in [0.2, 0.25) is 0 Å².